The first kappa shape index (κ1) is 9.00. The molecule has 70 valence electrons. The van der Waals surface area contributed by atoms with Crippen molar-refractivity contribution in [1.82, 2.24) is 0 Å². The Kier molecular flexibility index (Phi) is 2.54. The number of halogens is 1. The number of carbonyl (C=O) groups is 1. The highest BCUT2D eigenvalue weighted by molar-refractivity contribution is 9.10. The molecule has 1 aromatic rings. The molecule has 1 heterocycles. The summed E-state index contributed by atoms with van der Waals surface area (Å²) >= 11 is 3.36. The maximum Gasteiger partial charge on any atom is 0.136 e. The van der Waals surface area contributed by atoms with Crippen molar-refractivity contribution in [1.29, 1.82) is 0 Å². The van der Waals surface area contributed by atoms with Gasteiger partial charge in [-0.3, -0.25) is 4.79 Å². The summed E-state index contributed by atoms with van der Waals surface area (Å²) in [6.45, 7) is 0. The van der Waals surface area contributed by atoms with Gasteiger partial charge in [-0.2, -0.15) is 0 Å². The molecular formula is C10H11BrO2. The van der Waals surface area contributed by atoms with Gasteiger partial charge in [-0.25, -0.2) is 0 Å². The Morgan fingerprint density at radius 2 is 2.38 bits per heavy atom. The summed E-state index contributed by atoms with van der Waals surface area (Å²) in [5.41, 5.74) is 0. The molecule has 0 N–H and O–H groups in total. The normalized spacial score (nSPS) is 16.1. The Bertz CT molecular complexity index is 312. The topological polar surface area (TPSA) is 30.2 Å². The molecule has 0 aromatic carbocycles. The number of hydrogen-bond acceptors (Lipinski definition) is 2. The Hall–Kier alpha value is -0.570. The molecule has 0 radical (unpaired) electrons. The first-order valence-corrected chi connectivity index (χ1v) is 5.31. The highest BCUT2D eigenvalue weighted by Crippen LogP contribution is 2.31. The fraction of sp³-hybridized carbons (Fsp3) is 0.500. The predicted octanol–water partition coefficient (Wildman–Crippen LogP) is 2.95. The molecule has 0 bridgehead atoms. The molecule has 13 heavy (non-hydrogen) atoms. The highest BCUT2D eigenvalue weighted by atomic mass is 79.9. The van der Waals surface area contributed by atoms with Gasteiger partial charge < -0.3 is 4.42 Å². The second kappa shape index (κ2) is 3.66. The third kappa shape index (κ3) is 2.21. The van der Waals surface area contributed by atoms with E-state index < -0.39 is 0 Å². The van der Waals surface area contributed by atoms with Crippen molar-refractivity contribution in [3.63, 3.8) is 0 Å². The second-order valence-corrected chi connectivity index (χ2v) is 4.29. The maximum atomic E-state index is 11.4. The Balaban J connectivity index is 1.85. The molecule has 0 aliphatic heterocycles. The standard InChI is InChI=1S/C10H11BrO2/c11-8-5-6-13-10(8)4-3-9(12)7-1-2-7/h5-7H,1-4H2. The average molecular weight is 243 g/mol. The molecule has 0 spiro atoms. The van der Waals surface area contributed by atoms with E-state index in [9.17, 15) is 4.79 Å². The number of furan rings is 1. The zero-order valence-electron chi connectivity index (χ0n) is 7.25. The minimum atomic E-state index is 0.369. The smallest absolute Gasteiger partial charge is 0.136 e. The number of rotatable bonds is 4. The van der Waals surface area contributed by atoms with Crippen molar-refractivity contribution in [3.05, 3.63) is 22.6 Å². The molecule has 2 rings (SSSR count). The lowest BCUT2D eigenvalue weighted by atomic mass is 10.1. The van der Waals surface area contributed by atoms with Crippen LogP contribution in [-0.4, -0.2) is 5.78 Å². The van der Waals surface area contributed by atoms with E-state index in [1.807, 2.05) is 6.07 Å². The lowest BCUT2D eigenvalue weighted by Crippen LogP contribution is -2.01. The summed E-state index contributed by atoms with van der Waals surface area (Å²) < 4.78 is 6.18. The van der Waals surface area contributed by atoms with Crippen LogP contribution >= 0.6 is 15.9 Å². The molecule has 0 saturated heterocycles. The first-order chi connectivity index (χ1) is 6.27. The molecule has 1 aliphatic carbocycles. The molecular weight excluding hydrogens is 232 g/mol. The van der Waals surface area contributed by atoms with E-state index in [4.69, 9.17) is 4.42 Å². The van der Waals surface area contributed by atoms with E-state index in [0.29, 0.717) is 18.1 Å². The quantitative estimate of drug-likeness (QED) is 0.813. The van der Waals surface area contributed by atoms with Crippen LogP contribution in [0.2, 0.25) is 0 Å². The summed E-state index contributed by atoms with van der Waals surface area (Å²) in [4.78, 5) is 11.4. The van der Waals surface area contributed by atoms with Crippen LogP contribution in [0.5, 0.6) is 0 Å². The van der Waals surface area contributed by atoms with Gasteiger partial charge in [0, 0.05) is 18.8 Å². The van der Waals surface area contributed by atoms with E-state index in [0.717, 1.165) is 29.5 Å². The van der Waals surface area contributed by atoms with Gasteiger partial charge in [0.2, 0.25) is 0 Å². The summed E-state index contributed by atoms with van der Waals surface area (Å²) in [6, 6.07) is 1.86. The van der Waals surface area contributed by atoms with Gasteiger partial charge in [-0.15, -0.1) is 0 Å². The molecule has 3 heteroatoms. The van der Waals surface area contributed by atoms with Gasteiger partial charge in [0.05, 0.1) is 10.7 Å². The van der Waals surface area contributed by atoms with Gasteiger partial charge >= 0.3 is 0 Å². The number of carbonyl (C=O) groups excluding carboxylic acids is 1. The lowest BCUT2D eigenvalue weighted by molar-refractivity contribution is -0.120. The van der Waals surface area contributed by atoms with Gasteiger partial charge in [0.15, 0.2) is 0 Å². The SMILES string of the molecule is O=C(CCc1occc1Br)C1CC1. The fourth-order valence-corrected chi connectivity index (χ4v) is 1.75. The number of hydrogen-bond donors (Lipinski definition) is 0. The van der Waals surface area contributed by atoms with E-state index in [-0.39, 0.29) is 0 Å². The van der Waals surface area contributed by atoms with Crippen LogP contribution in [0.25, 0.3) is 0 Å². The Morgan fingerprint density at radius 3 is 2.92 bits per heavy atom. The Labute approximate surface area is 85.4 Å². The Morgan fingerprint density at radius 1 is 1.62 bits per heavy atom. The van der Waals surface area contributed by atoms with Gasteiger partial charge in [-0.1, -0.05) is 0 Å². The van der Waals surface area contributed by atoms with Crippen molar-refractivity contribution in [2.24, 2.45) is 5.92 Å². The number of Topliss-reactive ketones (excluding diaryl/α,β-unsaturated/α-hetero) is 1. The lowest BCUT2D eigenvalue weighted by Gasteiger charge is -1.96. The van der Waals surface area contributed by atoms with Crippen molar-refractivity contribution in [2.75, 3.05) is 0 Å². The van der Waals surface area contributed by atoms with Crippen LogP contribution < -0.4 is 0 Å². The first-order valence-electron chi connectivity index (χ1n) is 4.52. The van der Waals surface area contributed by atoms with Crippen LogP contribution in [0.4, 0.5) is 0 Å². The molecule has 1 fully saturated rings. The largest absolute Gasteiger partial charge is 0.468 e. The molecule has 0 unspecified atom stereocenters. The van der Waals surface area contributed by atoms with Crippen LogP contribution in [-0.2, 0) is 11.2 Å². The summed E-state index contributed by atoms with van der Waals surface area (Å²) in [5.74, 6) is 1.64. The van der Waals surface area contributed by atoms with Gasteiger partial charge in [0.1, 0.15) is 11.5 Å². The number of ketones is 1. The zero-order valence-corrected chi connectivity index (χ0v) is 8.84. The van der Waals surface area contributed by atoms with Crippen LogP contribution in [0.15, 0.2) is 21.2 Å². The van der Waals surface area contributed by atoms with Crippen LogP contribution in [0.1, 0.15) is 25.0 Å². The zero-order chi connectivity index (χ0) is 9.26. The predicted molar refractivity (Wildman–Crippen MR) is 52.5 cm³/mol. The third-order valence-electron chi connectivity index (χ3n) is 2.32. The van der Waals surface area contributed by atoms with E-state index in [1.54, 1.807) is 6.26 Å². The summed E-state index contributed by atoms with van der Waals surface area (Å²) in [6.07, 6.45) is 5.18. The molecule has 0 atom stereocenters. The maximum absolute atomic E-state index is 11.4. The third-order valence-corrected chi connectivity index (χ3v) is 3.03. The summed E-state index contributed by atoms with van der Waals surface area (Å²) in [7, 11) is 0. The highest BCUT2D eigenvalue weighted by Gasteiger charge is 2.28. The monoisotopic (exact) mass is 242 g/mol. The average Bonchev–Trinajstić information content (AvgIpc) is 2.88. The minimum absolute atomic E-state index is 0.369. The van der Waals surface area contributed by atoms with Gasteiger partial charge in [-0.05, 0) is 34.8 Å². The van der Waals surface area contributed by atoms with E-state index in [2.05, 4.69) is 15.9 Å². The van der Waals surface area contributed by atoms with Crippen molar-refractivity contribution >= 4 is 21.7 Å². The molecule has 2 nitrogen and oxygen atoms in total. The van der Waals surface area contributed by atoms with Crippen LogP contribution in [0.3, 0.4) is 0 Å². The van der Waals surface area contributed by atoms with Crippen LogP contribution in [0, 0.1) is 5.92 Å². The molecule has 1 aromatic heterocycles. The fourth-order valence-electron chi connectivity index (χ4n) is 1.35. The van der Waals surface area contributed by atoms with E-state index in [1.165, 1.54) is 0 Å². The summed E-state index contributed by atoms with van der Waals surface area (Å²) in [5, 5.41) is 0. The van der Waals surface area contributed by atoms with Crippen molar-refractivity contribution in [2.45, 2.75) is 25.7 Å². The molecule has 1 aliphatic rings. The van der Waals surface area contributed by atoms with Gasteiger partial charge in [0.25, 0.3) is 0 Å². The number of aryl methyl sites for hydroxylation is 1. The van der Waals surface area contributed by atoms with E-state index >= 15 is 0 Å². The minimum Gasteiger partial charge on any atom is -0.468 e. The molecule has 0 amide bonds. The molecule has 1 saturated carbocycles. The van der Waals surface area contributed by atoms with Crippen molar-refractivity contribution < 1.29 is 9.21 Å². The van der Waals surface area contributed by atoms with Crippen molar-refractivity contribution in [3.8, 4) is 0 Å². The second-order valence-electron chi connectivity index (χ2n) is 3.43.